The van der Waals surface area contributed by atoms with Crippen molar-refractivity contribution in [3.05, 3.63) is 59.8 Å². The van der Waals surface area contributed by atoms with Crippen molar-refractivity contribution in [2.75, 3.05) is 11.1 Å². The third kappa shape index (κ3) is 5.95. The molecule has 8 nitrogen and oxygen atoms in total. The van der Waals surface area contributed by atoms with Crippen LogP contribution in [-0.2, 0) is 29.0 Å². The number of primary amides is 1. The fourth-order valence-electron chi connectivity index (χ4n) is 2.71. The molecule has 152 valence electrons. The number of carbonyl (C=O) groups excluding carboxylic acids is 2. The zero-order valence-electron chi connectivity index (χ0n) is 16.1. The van der Waals surface area contributed by atoms with E-state index < -0.39 is 5.91 Å². The molecule has 29 heavy (non-hydrogen) atoms. The minimum absolute atomic E-state index is 0.134. The van der Waals surface area contributed by atoms with Crippen LogP contribution in [0, 0.1) is 0 Å². The Hall–Kier alpha value is -3.07. The highest BCUT2D eigenvalue weighted by Crippen LogP contribution is 2.20. The lowest BCUT2D eigenvalue weighted by atomic mass is 10.1. The maximum Gasteiger partial charge on any atom is 0.234 e. The standard InChI is InChI=1S/C20H23N5O3S/c1-2-14-5-7-15(8-6-14)22-19(27)13-29-20-24-23-18(10-9-17(21)26)25(20)12-16-4-3-11-28-16/h3-8,11H,2,9-10,12-13H2,1H3,(H2,21,26)(H,22,27). The predicted molar refractivity (Wildman–Crippen MR) is 111 cm³/mol. The first-order valence-electron chi connectivity index (χ1n) is 9.29. The third-order valence-corrected chi connectivity index (χ3v) is 5.23. The topological polar surface area (TPSA) is 116 Å². The summed E-state index contributed by atoms with van der Waals surface area (Å²) in [7, 11) is 0. The van der Waals surface area contributed by atoms with Gasteiger partial charge in [0.15, 0.2) is 5.16 Å². The van der Waals surface area contributed by atoms with E-state index in [4.69, 9.17) is 10.2 Å². The van der Waals surface area contributed by atoms with Gasteiger partial charge in [-0.2, -0.15) is 0 Å². The summed E-state index contributed by atoms with van der Waals surface area (Å²) in [5.74, 6) is 0.998. The number of hydrogen-bond donors (Lipinski definition) is 2. The van der Waals surface area contributed by atoms with Crippen LogP contribution in [0.1, 0.15) is 30.5 Å². The molecule has 2 amide bonds. The summed E-state index contributed by atoms with van der Waals surface area (Å²) < 4.78 is 7.25. The van der Waals surface area contributed by atoms with Crippen LogP contribution in [0.15, 0.2) is 52.2 Å². The third-order valence-electron chi connectivity index (χ3n) is 4.26. The minimum atomic E-state index is -0.403. The number of benzene rings is 1. The van der Waals surface area contributed by atoms with E-state index in [2.05, 4.69) is 22.4 Å². The number of aromatic nitrogens is 3. The van der Waals surface area contributed by atoms with Crippen LogP contribution in [0.25, 0.3) is 0 Å². The summed E-state index contributed by atoms with van der Waals surface area (Å²) in [6, 6.07) is 11.4. The highest BCUT2D eigenvalue weighted by molar-refractivity contribution is 7.99. The lowest BCUT2D eigenvalue weighted by Crippen LogP contribution is -2.16. The Morgan fingerprint density at radius 1 is 1.21 bits per heavy atom. The summed E-state index contributed by atoms with van der Waals surface area (Å²) in [5, 5.41) is 11.8. The normalized spacial score (nSPS) is 10.8. The average Bonchev–Trinajstić information content (AvgIpc) is 3.36. The van der Waals surface area contributed by atoms with E-state index in [1.54, 1.807) is 12.3 Å². The van der Waals surface area contributed by atoms with E-state index in [1.165, 1.54) is 17.3 Å². The molecular formula is C20H23N5O3S. The first kappa shape index (κ1) is 20.7. The summed E-state index contributed by atoms with van der Waals surface area (Å²) in [6.07, 6.45) is 3.09. The van der Waals surface area contributed by atoms with E-state index >= 15 is 0 Å². The fraction of sp³-hybridized carbons (Fsp3) is 0.300. The van der Waals surface area contributed by atoms with Gasteiger partial charge < -0.3 is 15.5 Å². The summed E-state index contributed by atoms with van der Waals surface area (Å²) in [5.41, 5.74) is 7.22. The second-order valence-electron chi connectivity index (χ2n) is 6.42. The van der Waals surface area contributed by atoms with Gasteiger partial charge in [0.05, 0.1) is 18.6 Å². The number of amides is 2. The molecule has 0 fully saturated rings. The quantitative estimate of drug-likeness (QED) is 0.494. The van der Waals surface area contributed by atoms with E-state index in [0.717, 1.165) is 17.9 Å². The molecule has 0 radical (unpaired) electrons. The first-order chi connectivity index (χ1) is 14.0. The minimum Gasteiger partial charge on any atom is -0.467 e. The van der Waals surface area contributed by atoms with Crippen LogP contribution in [-0.4, -0.2) is 32.3 Å². The van der Waals surface area contributed by atoms with Gasteiger partial charge in [-0.1, -0.05) is 30.8 Å². The highest BCUT2D eigenvalue weighted by atomic mass is 32.2. The van der Waals surface area contributed by atoms with Crippen LogP contribution in [0.2, 0.25) is 0 Å². The van der Waals surface area contributed by atoms with Crippen molar-refractivity contribution in [3.63, 3.8) is 0 Å². The molecular weight excluding hydrogens is 390 g/mol. The van der Waals surface area contributed by atoms with Crippen molar-refractivity contribution in [1.82, 2.24) is 14.8 Å². The number of carbonyl (C=O) groups is 2. The van der Waals surface area contributed by atoms with Crippen LogP contribution in [0.3, 0.4) is 0 Å². The number of rotatable bonds is 10. The highest BCUT2D eigenvalue weighted by Gasteiger charge is 2.16. The predicted octanol–water partition coefficient (Wildman–Crippen LogP) is 2.63. The molecule has 0 atom stereocenters. The number of nitrogens with zero attached hydrogens (tertiary/aromatic N) is 3. The van der Waals surface area contributed by atoms with Crippen molar-refractivity contribution >= 4 is 29.3 Å². The Morgan fingerprint density at radius 3 is 2.66 bits per heavy atom. The van der Waals surface area contributed by atoms with Crippen LogP contribution in [0.4, 0.5) is 5.69 Å². The average molecular weight is 414 g/mol. The Morgan fingerprint density at radius 2 is 2.00 bits per heavy atom. The number of nitrogens with one attached hydrogen (secondary N) is 1. The van der Waals surface area contributed by atoms with Gasteiger partial charge >= 0.3 is 0 Å². The number of furan rings is 1. The number of hydrogen-bond acceptors (Lipinski definition) is 6. The molecule has 3 aromatic rings. The van der Waals surface area contributed by atoms with Crippen LogP contribution >= 0.6 is 11.8 Å². The lowest BCUT2D eigenvalue weighted by Gasteiger charge is -2.09. The zero-order valence-corrected chi connectivity index (χ0v) is 16.9. The van der Waals surface area contributed by atoms with Gasteiger partial charge in [0, 0.05) is 18.5 Å². The van der Waals surface area contributed by atoms with E-state index in [9.17, 15) is 9.59 Å². The van der Waals surface area contributed by atoms with Gasteiger partial charge in [-0.05, 0) is 36.2 Å². The largest absolute Gasteiger partial charge is 0.467 e. The molecule has 1 aromatic carbocycles. The van der Waals surface area contributed by atoms with E-state index in [0.29, 0.717) is 23.9 Å². The number of nitrogens with two attached hydrogens (primary N) is 1. The molecule has 9 heteroatoms. The number of thioether (sulfide) groups is 1. The molecule has 0 saturated heterocycles. The zero-order chi connectivity index (χ0) is 20.6. The number of aryl methyl sites for hydroxylation is 2. The SMILES string of the molecule is CCc1ccc(NC(=O)CSc2nnc(CCC(N)=O)n2Cc2ccco2)cc1. The lowest BCUT2D eigenvalue weighted by molar-refractivity contribution is -0.118. The molecule has 0 unspecified atom stereocenters. The molecule has 2 heterocycles. The Balaban J connectivity index is 1.65. The molecule has 0 bridgehead atoms. The van der Waals surface area contributed by atoms with Gasteiger partial charge in [0.1, 0.15) is 11.6 Å². The maximum absolute atomic E-state index is 12.3. The van der Waals surface area contributed by atoms with Crippen molar-refractivity contribution in [3.8, 4) is 0 Å². The second kappa shape index (κ2) is 9.92. The van der Waals surface area contributed by atoms with Crippen LogP contribution < -0.4 is 11.1 Å². The molecule has 3 rings (SSSR count). The first-order valence-corrected chi connectivity index (χ1v) is 10.3. The van der Waals surface area contributed by atoms with Gasteiger partial charge in [0.2, 0.25) is 11.8 Å². The smallest absolute Gasteiger partial charge is 0.234 e. The molecule has 2 aromatic heterocycles. The van der Waals surface area contributed by atoms with Crippen molar-refractivity contribution in [2.45, 2.75) is 37.9 Å². The molecule has 0 spiro atoms. The van der Waals surface area contributed by atoms with Gasteiger partial charge in [0.25, 0.3) is 0 Å². The molecule has 0 aliphatic rings. The number of anilines is 1. The Bertz CT molecular complexity index is 951. The van der Waals surface area contributed by atoms with E-state index in [-0.39, 0.29) is 18.1 Å². The van der Waals surface area contributed by atoms with Crippen LogP contribution in [0.5, 0.6) is 0 Å². The van der Waals surface area contributed by atoms with Gasteiger partial charge in [-0.25, -0.2) is 0 Å². The van der Waals surface area contributed by atoms with E-state index in [1.807, 2.05) is 34.9 Å². The molecule has 0 aliphatic heterocycles. The maximum atomic E-state index is 12.3. The second-order valence-corrected chi connectivity index (χ2v) is 7.36. The summed E-state index contributed by atoms with van der Waals surface area (Å²) >= 11 is 1.28. The Kier molecular flexibility index (Phi) is 7.07. The summed E-state index contributed by atoms with van der Waals surface area (Å²) in [6.45, 7) is 2.50. The molecule has 0 saturated carbocycles. The molecule has 0 aliphatic carbocycles. The fourth-order valence-corrected chi connectivity index (χ4v) is 3.47. The van der Waals surface area contributed by atoms with Crippen molar-refractivity contribution in [1.29, 1.82) is 0 Å². The molecule has 3 N–H and O–H groups in total. The van der Waals surface area contributed by atoms with Crippen molar-refractivity contribution in [2.24, 2.45) is 5.73 Å². The van der Waals surface area contributed by atoms with Gasteiger partial charge in [-0.15, -0.1) is 10.2 Å². The van der Waals surface area contributed by atoms with Gasteiger partial charge in [-0.3, -0.25) is 14.2 Å². The Labute approximate surface area is 172 Å². The van der Waals surface area contributed by atoms with Crippen molar-refractivity contribution < 1.29 is 14.0 Å². The monoisotopic (exact) mass is 413 g/mol. The summed E-state index contributed by atoms with van der Waals surface area (Å²) in [4.78, 5) is 23.4.